The Kier molecular flexibility index (Phi) is 8.39. The Morgan fingerprint density at radius 2 is 1.75 bits per heavy atom. The summed E-state index contributed by atoms with van der Waals surface area (Å²) in [5.74, 6) is 0.210. The Morgan fingerprint density at radius 3 is 2.43 bits per heavy atom. The molecule has 0 radical (unpaired) electrons. The fraction of sp³-hybridized carbons (Fsp3) is 0.333. The first-order valence-corrected chi connectivity index (χ1v) is 9.05. The first kappa shape index (κ1) is 21.3. The summed E-state index contributed by atoms with van der Waals surface area (Å²) in [6, 6.07) is 13.0. The van der Waals surface area contributed by atoms with Crippen LogP contribution in [0.5, 0.6) is 11.5 Å². The van der Waals surface area contributed by atoms with Crippen LogP contribution in [0, 0.1) is 0 Å². The summed E-state index contributed by atoms with van der Waals surface area (Å²) in [5.41, 5.74) is 0.942. The van der Waals surface area contributed by atoms with Crippen LogP contribution in [-0.2, 0) is 11.3 Å². The van der Waals surface area contributed by atoms with Gasteiger partial charge in [-0.3, -0.25) is 9.59 Å². The van der Waals surface area contributed by atoms with Gasteiger partial charge in [-0.05, 0) is 36.8 Å². The number of halogens is 2. The SMILES string of the molecule is CCCOc1ccc(C(=O)CCC(=O)NCc2ccccc2OC(F)F)cc1. The maximum Gasteiger partial charge on any atom is 0.387 e. The molecular formula is C21H23F2NO4. The van der Waals surface area contributed by atoms with Crippen molar-refractivity contribution < 1.29 is 27.8 Å². The lowest BCUT2D eigenvalue weighted by atomic mass is 10.1. The van der Waals surface area contributed by atoms with Gasteiger partial charge in [0.25, 0.3) is 0 Å². The molecule has 0 aliphatic carbocycles. The molecule has 0 saturated carbocycles. The number of rotatable bonds is 11. The van der Waals surface area contributed by atoms with Crippen molar-refractivity contribution in [3.63, 3.8) is 0 Å². The van der Waals surface area contributed by atoms with E-state index in [0.29, 0.717) is 23.5 Å². The van der Waals surface area contributed by atoms with Crippen molar-refractivity contribution in [2.24, 2.45) is 0 Å². The number of ketones is 1. The van der Waals surface area contributed by atoms with Gasteiger partial charge in [0.1, 0.15) is 11.5 Å². The summed E-state index contributed by atoms with van der Waals surface area (Å²) in [6.45, 7) is -0.278. The zero-order chi connectivity index (χ0) is 20.4. The van der Waals surface area contributed by atoms with Crippen LogP contribution >= 0.6 is 0 Å². The summed E-state index contributed by atoms with van der Waals surface area (Å²) in [4.78, 5) is 24.2. The summed E-state index contributed by atoms with van der Waals surface area (Å²) < 4.78 is 34.7. The molecule has 0 saturated heterocycles. The van der Waals surface area contributed by atoms with Crippen LogP contribution in [0.15, 0.2) is 48.5 Å². The topological polar surface area (TPSA) is 64.6 Å². The number of hydrogen-bond acceptors (Lipinski definition) is 4. The highest BCUT2D eigenvalue weighted by Gasteiger charge is 2.12. The molecule has 0 unspecified atom stereocenters. The molecule has 2 aromatic carbocycles. The number of carbonyl (C=O) groups is 2. The molecule has 2 rings (SSSR count). The minimum absolute atomic E-state index is 0.00475. The Labute approximate surface area is 162 Å². The van der Waals surface area contributed by atoms with E-state index in [4.69, 9.17) is 4.74 Å². The lowest BCUT2D eigenvalue weighted by Crippen LogP contribution is -2.23. The number of nitrogens with one attached hydrogen (secondary N) is 1. The third-order valence-corrected chi connectivity index (χ3v) is 3.89. The smallest absolute Gasteiger partial charge is 0.387 e. The van der Waals surface area contributed by atoms with Gasteiger partial charge < -0.3 is 14.8 Å². The molecule has 5 nitrogen and oxygen atoms in total. The molecule has 0 aromatic heterocycles. The highest BCUT2D eigenvalue weighted by atomic mass is 19.3. The maximum absolute atomic E-state index is 12.4. The number of hydrogen-bond donors (Lipinski definition) is 1. The van der Waals surface area contributed by atoms with E-state index in [1.807, 2.05) is 6.92 Å². The average molecular weight is 391 g/mol. The number of para-hydroxylation sites is 1. The molecule has 0 spiro atoms. The van der Waals surface area contributed by atoms with E-state index in [1.165, 1.54) is 6.07 Å². The number of amides is 1. The second kappa shape index (κ2) is 11.0. The number of Topliss-reactive ketones (excluding diaryl/α,β-unsaturated/α-hetero) is 1. The normalized spacial score (nSPS) is 10.6. The second-order valence-electron chi connectivity index (χ2n) is 6.06. The lowest BCUT2D eigenvalue weighted by Gasteiger charge is -2.11. The average Bonchev–Trinajstić information content (AvgIpc) is 2.69. The minimum Gasteiger partial charge on any atom is -0.494 e. The van der Waals surface area contributed by atoms with Crippen molar-refractivity contribution >= 4 is 11.7 Å². The van der Waals surface area contributed by atoms with E-state index in [2.05, 4.69) is 10.1 Å². The minimum atomic E-state index is -2.94. The fourth-order valence-corrected chi connectivity index (χ4v) is 2.47. The van der Waals surface area contributed by atoms with Gasteiger partial charge in [-0.1, -0.05) is 25.1 Å². The van der Waals surface area contributed by atoms with E-state index in [-0.39, 0.29) is 36.8 Å². The molecule has 28 heavy (non-hydrogen) atoms. The molecule has 0 fully saturated rings. The highest BCUT2D eigenvalue weighted by Crippen LogP contribution is 2.20. The first-order chi connectivity index (χ1) is 13.5. The Hall–Kier alpha value is -2.96. The van der Waals surface area contributed by atoms with Gasteiger partial charge in [0.2, 0.25) is 5.91 Å². The van der Waals surface area contributed by atoms with Crippen LogP contribution < -0.4 is 14.8 Å². The lowest BCUT2D eigenvalue weighted by molar-refractivity contribution is -0.121. The number of alkyl halides is 2. The van der Waals surface area contributed by atoms with Gasteiger partial charge in [0.05, 0.1) is 6.61 Å². The summed E-state index contributed by atoms with van der Waals surface area (Å²) in [5, 5.41) is 2.62. The van der Waals surface area contributed by atoms with Gasteiger partial charge in [0, 0.05) is 30.5 Å². The van der Waals surface area contributed by atoms with Gasteiger partial charge >= 0.3 is 6.61 Å². The summed E-state index contributed by atoms with van der Waals surface area (Å²) in [7, 11) is 0. The number of ether oxygens (including phenoxy) is 2. The molecule has 0 aliphatic heterocycles. The third kappa shape index (κ3) is 6.98. The number of carbonyl (C=O) groups excluding carboxylic acids is 2. The summed E-state index contributed by atoms with van der Waals surface area (Å²) >= 11 is 0. The van der Waals surface area contributed by atoms with E-state index in [0.717, 1.165) is 6.42 Å². The Balaban J connectivity index is 1.80. The monoisotopic (exact) mass is 391 g/mol. The van der Waals surface area contributed by atoms with Gasteiger partial charge in [-0.2, -0.15) is 8.78 Å². The van der Waals surface area contributed by atoms with E-state index in [1.54, 1.807) is 42.5 Å². The zero-order valence-corrected chi connectivity index (χ0v) is 15.6. The van der Waals surface area contributed by atoms with Crippen molar-refractivity contribution in [2.75, 3.05) is 6.61 Å². The van der Waals surface area contributed by atoms with Crippen LogP contribution in [-0.4, -0.2) is 24.9 Å². The third-order valence-electron chi connectivity index (χ3n) is 3.89. The van der Waals surface area contributed by atoms with E-state index in [9.17, 15) is 18.4 Å². The fourth-order valence-electron chi connectivity index (χ4n) is 2.47. The van der Waals surface area contributed by atoms with Crippen LogP contribution in [0.4, 0.5) is 8.78 Å². The maximum atomic E-state index is 12.4. The standard InChI is InChI=1S/C21H23F2NO4/c1-2-13-27-17-9-7-15(8-10-17)18(25)11-12-20(26)24-14-16-5-3-4-6-19(16)28-21(22)23/h3-10,21H,2,11-14H2,1H3,(H,24,26). The molecule has 2 aromatic rings. The molecule has 0 aliphatic rings. The summed E-state index contributed by atoms with van der Waals surface area (Å²) in [6.07, 6.45) is 0.954. The Bertz CT molecular complexity index is 778. The van der Waals surface area contributed by atoms with Crippen molar-refractivity contribution in [3.05, 3.63) is 59.7 Å². The van der Waals surface area contributed by atoms with Gasteiger partial charge in [-0.25, -0.2) is 0 Å². The van der Waals surface area contributed by atoms with Crippen LogP contribution in [0.25, 0.3) is 0 Å². The molecule has 150 valence electrons. The van der Waals surface area contributed by atoms with E-state index < -0.39 is 6.61 Å². The molecule has 1 N–H and O–H groups in total. The van der Waals surface area contributed by atoms with Gasteiger partial charge in [-0.15, -0.1) is 0 Å². The molecule has 0 bridgehead atoms. The van der Waals surface area contributed by atoms with Crippen LogP contribution in [0.1, 0.15) is 42.1 Å². The quantitative estimate of drug-likeness (QED) is 0.578. The first-order valence-electron chi connectivity index (χ1n) is 9.05. The molecule has 0 heterocycles. The molecule has 0 atom stereocenters. The largest absolute Gasteiger partial charge is 0.494 e. The molecule has 7 heteroatoms. The number of benzene rings is 2. The predicted molar refractivity (Wildman–Crippen MR) is 101 cm³/mol. The zero-order valence-electron chi connectivity index (χ0n) is 15.6. The van der Waals surface area contributed by atoms with Crippen LogP contribution in [0.2, 0.25) is 0 Å². The van der Waals surface area contributed by atoms with Crippen molar-refractivity contribution in [3.8, 4) is 11.5 Å². The van der Waals surface area contributed by atoms with Crippen LogP contribution in [0.3, 0.4) is 0 Å². The van der Waals surface area contributed by atoms with Crippen molar-refractivity contribution in [1.82, 2.24) is 5.32 Å². The van der Waals surface area contributed by atoms with Crippen molar-refractivity contribution in [2.45, 2.75) is 39.3 Å². The van der Waals surface area contributed by atoms with Crippen molar-refractivity contribution in [1.29, 1.82) is 0 Å². The molecule has 1 amide bonds. The molecular weight excluding hydrogens is 368 g/mol. The highest BCUT2D eigenvalue weighted by molar-refractivity contribution is 5.98. The Morgan fingerprint density at radius 1 is 1.04 bits per heavy atom. The predicted octanol–water partition coefficient (Wildman–Crippen LogP) is 4.36. The second-order valence-corrected chi connectivity index (χ2v) is 6.06. The van der Waals surface area contributed by atoms with Gasteiger partial charge in [0.15, 0.2) is 5.78 Å². The van der Waals surface area contributed by atoms with E-state index >= 15 is 0 Å².